The summed E-state index contributed by atoms with van der Waals surface area (Å²) in [6.07, 6.45) is 4.01. The second-order valence-electron chi connectivity index (χ2n) is 7.97. The highest BCUT2D eigenvalue weighted by molar-refractivity contribution is 6.11. The summed E-state index contributed by atoms with van der Waals surface area (Å²) in [6, 6.07) is 5.73. The van der Waals surface area contributed by atoms with Gasteiger partial charge in [0.25, 0.3) is 0 Å². The molecule has 1 aromatic carbocycles. The molecule has 0 unspecified atom stereocenters. The summed E-state index contributed by atoms with van der Waals surface area (Å²) in [5, 5.41) is 9.23. The lowest BCUT2D eigenvalue weighted by molar-refractivity contribution is -0.145. The molecule has 0 radical (unpaired) electrons. The fourth-order valence-electron chi connectivity index (χ4n) is 4.71. The predicted molar refractivity (Wildman–Crippen MR) is 105 cm³/mol. The van der Waals surface area contributed by atoms with Gasteiger partial charge >= 0.3 is 0 Å². The van der Waals surface area contributed by atoms with E-state index in [0.29, 0.717) is 6.54 Å². The van der Waals surface area contributed by atoms with Crippen LogP contribution >= 0.6 is 0 Å². The number of carbonyl (C=O) groups excluding carboxylic acids is 3. The zero-order valence-electron chi connectivity index (χ0n) is 16.9. The molecule has 29 heavy (non-hydrogen) atoms. The molecule has 1 aromatic rings. The first-order valence-electron chi connectivity index (χ1n) is 10.4. The summed E-state index contributed by atoms with van der Waals surface area (Å²) < 4.78 is 14.8. The number of amides is 3. The Morgan fingerprint density at radius 1 is 1.24 bits per heavy atom. The highest BCUT2D eigenvalue weighted by atomic mass is 19.1. The average Bonchev–Trinajstić information content (AvgIpc) is 2.97. The quantitative estimate of drug-likeness (QED) is 0.708. The van der Waals surface area contributed by atoms with Crippen LogP contribution in [0.5, 0.6) is 0 Å². The number of carbonyl (C=O) groups is 3. The monoisotopic (exact) mass is 404 g/mol. The van der Waals surface area contributed by atoms with Gasteiger partial charge < -0.3 is 10.0 Å². The van der Waals surface area contributed by atoms with E-state index in [0.717, 1.165) is 32.1 Å². The van der Waals surface area contributed by atoms with Gasteiger partial charge in [-0.15, -0.1) is 0 Å². The molecule has 1 saturated heterocycles. The third kappa shape index (κ3) is 4.06. The Bertz CT molecular complexity index is 778. The van der Waals surface area contributed by atoms with Crippen LogP contribution in [0.25, 0.3) is 0 Å². The zero-order chi connectivity index (χ0) is 21.0. The van der Waals surface area contributed by atoms with Crippen molar-refractivity contribution in [2.75, 3.05) is 19.7 Å². The van der Waals surface area contributed by atoms with Gasteiger partial charge in [-0.25, -0.2) is 4.39 Å². The molecule has 0 bridgehead atoms. The molecule has 1 saturated carbocycles. The maximum atomic E-state index is 14.8. The third-order valence-electron chi connectivity index (χ3n) is 6.24. The van der Waals surface area contributed by atoms with E-state index in [1.807, 2.05) is 0 Å². The number of aliphatic hydroxyl groups excluding tert-OH is 1. The second-order valence-corrected chi connectivity index (χ2v) is 7.97. The lowest BCUT2D eigenvalue weighted by Gasteiger charge is -2.33. The molecule has 2 fully saturated rings. The van der Waals surface area contributed by atoms with E-state index >= 15 is 0 Å². The summed E-state index contributed by atoms with van der Waals surface area (Å²) in [5.74, 6) is -1.75. The van der Waals surface area contributed by atoms with Crippen molar-refractivity contribution in [1.82, 2.24) is 9.80 Å². The first-order valence-corrected chi connectivity index (χ1v) is 10.4. The highest BCUT2D eigenvalue weighted by Crippen LogP contribution is 2.43. The predicted octanol–water partition coefficient (Wildman–Crippen LogP) is 2.39. The molecule has 1 atom stereocenters. The van der Waals surface area contributed by atoms with Crippen LogP contribution in [0.15, 0.2) is 24.3 Å². The van der Waals surface area contributed by atoms with E-state index in [9.17, 15) is 23.9 Å². The van der Waals surface area contributed by atoms with Crippen LogP contribution in [0.3, 0.4) is 0 Å². The van der Waals surface area contributed by atoms with E-state index in [1.54, 1.807) is 13.0 Å². The smallest absolute Gasteiger partial charge is 0.241 e. The number of hydrogen-bond acceptors (Lipinski definition) is 4. The fourth-order valence-corrected chi connectivity index (χ4v) is 4.71. The van der Waals surface area contributed by atoms with Crippen molar-refractivity contribution in [3.8, 4) is 0 Å². The van der Waals surface area contributed by atoms with Gasteiger partial charge in [0.1, 0.15) is 5.82 Å². The Labute approximate surface area is 170 Å². The van der Waals surface area contributed by atoms with E-state index in [4.69, 9.17) is 0 Å². The second kappa shape index (κ2) is 9.03. The molecule has 1 heterocycles. The fraction of sp³-hybridized carbons (Fsp3) is 0.591. The number of imide groups is 1. The first-order chi connectivity index (χ1) is 13.9. The molecule has 1 aliphatic carbocycles. The van der Waals surface area contributed by atoms with E-state index in [-0.39, 0.29) is 49.4 Å². The first kappa shape index (κ1) is 21.4. The Morgan fingerprint density at radius 2 is 1.93 bits per heavy atom. The number of likely N-dealkylation sites (tertiary alicyclic amines) is 1. The molecule has 158 valence electrons. The molecular formula is C22H29FN2O4. The standard InChI is InChI=1S/C22H29FN2O4/c1-2-24(12-13-26)19(27)14-22(17-10-6-7-11-18(17)23)15-20(28)25(21(22)29)16-8-4-3-5-9-16/h6-7,10-11,16,26H,2-5,8-9,12-15H2,1H3/t22-/m1/s1. The minimum Gasteiger partial charge on any atom is -0.395 e. The average molecular weight is 404 g/mol. The molecule has 6 nitrogen and oxygen atoms in total. The topological polar surface area (TPSA) is 77.9 Å². The maximum absolute atomic E-state index is 14.8. The van der Waals surface area contributed by atoms with E-state index in [1.165, 1.54) is 28.0 Å². The molecule has 1 aliphatic heterocycles. The molecule has 2 aliphatic rings. The summed E-state index contributed by atoms with van der Waals surface area (Å²) in [6.45, 7) is 2.07. The Morgan fingerprint density at radius 3 is 2.55 bits per heavy atom. The zero-order valence-corrected chi connectivity index (χ0v) is 16.9. The van der Waals surface area contributed by atoms with Crippen molar-refractivity contribution in [3.05, 3.63) is 35.6 Å². The van der Waals surface area contributed by atoms with Crippen molar-refractivity contribution in [3.63, 3.8) is 0 Å². The lowest BCUT2D eigenvalue weighted by Crippen LogP contribution is -2.47. The molecule has 3 rings (SSSR count). The lowest BCUT2D eigenvalue weighted by atomic mass is 9.75. The summed E-state index contributed by atoms with van der Waals surface area (Å²) in [4.78, 5) is 42.3. The number of nitrogens with zero attached hydrogens (tertiary/aromatic N) is 2. The van der Waals surface area contributed by atoms with Crippen LogP contribution < -0.4 is 0 Å². The molecule has 3 amide bonds. The summed E-state index contributed by atoms with van der Waals surface area (Å²) in [5.41, 5.74) is -1.43. The van der Waals surface area contributed by atoms with Gasteiger partial charge in [-0.05, 0) is 25.8 Å². The van der Waals surface area contributed by atoms with Crippen molar-refractivity contribution in [1.29, 1.82) is 0 Å². The number of aliphatic hydroxyl groups is 1. The Balaban J connectivity index is 2.00. The van der Waals surface area contributed by atoms with Crippen LogP contribution in [-0.4, -0.2) is 58.4 Å². The Kier molecular flexibility index (Phi) is 6.67. The molecule has 0 spiro atoms. The van der Waals surface area contributed by atoms with E-state index in [2.05, 4.69) is 0 Å². The molecule has 1 N–H and O–H groups in total. The summed E-state index contributed by atoms with van der Waals surface area (Å²) >= 11 is 0. The van der Waals surface area contributed by atoms with Gasteiger partial charge in [-0.2, -0.15) is 0 Å². The van der Waals surface area contributed by atoms with Crippen LogP contribution in [0.2, 0.25) is 0 Å². The normalized spacial score (nSPS) is 22.9. The minimum absolute atomic E-state index is 0.102. The van der Waals surface area contributed by atoms with Gasteiger partial charge in [0.05, 0.1) is 12.0 Å². The number of likely N-dealkylation sites (N-methyl/N-ethyl adjacent to an activating group) is 1. The molecular weight excluding hydrogens is 375 g/mol. The SMILES string of the molecule is CCN(CCO)C(=O)C[C@]1(c2ccccc2F)CC(=O)N(C2CCCCC2)C1=O. The van der Waals surface area contributed by atoms with Gasteiger partial charge in [0.15, 0.2) is 0 Å². The number of rotatable bonds is 7. The van der Waals surface area contributed by atoms with Crippen molar-refractivity contribution < 1.29 is 23.9 Å². The van der Waals surface area contributed by atoms with Crippen molar-refractivity contribution in [2.24, 2.45) is 0 Å². The van der Waals surface area contributed by atoms with E-state index < -0.39 is 17.1 Å². The highest BCUT2D eigenvalue weighted by Gasteiger charge is 2.56. The van der Waals surface area contributed by atoms with Crippen LogP contribution in [0.4, 0.5) is 4.39 Å². The maximum Gasteiger partial charge on any atom is 0.241 e. The van der Waals surface area contributed by atoms with Gasteiger partial charge in [-0.1, -0.05) is 37.5 Å². The number of benzene rings is 1. The van der Waals surface area contributed by atoms with Crippen molar-refractivity contribution in [2.45, 2.75) is 63.3 Å². The molecule has 0 aromatic heterocycles. The number of halogens is 1. The number of hydrogen-bond donors (Lipinski definition) is 1. The minimum atomic E-state index is -1.53. The largest absolute Gasteiger partial charge is 0.395 e. The Hall–Kier alpha value is -2.28. The summed E-state index contributed by atoms with van der Waals surface area (Å²) in [7, 11) is 0. The molecule has 7 heteroatoms. The van der Waals surface area contributed by atoms with Gasteiger partial charge in [0, 0.05) is 37.5 Å². The van der Waals surface area contributed by atoms with Crippen molar-refractivity contribution >= 4 is 17.7 Å². The van der Waals surface area contributed by atoms with Gasteiger partial charge in [0.2, 0.25) is 17.7 Å². The van der Waals surface area contributed by atoms with Crippen LogP contribution in [0.1, 0.15) is 57.4 Å². The third-order valence-corrected chi connectivity index (χ3v) is 6.24. The van der Waals surface area contributed by atoms with Crippen LogP contribution in [0, 0.1) is 5.82 Å². The van der Waals surface area contributed by atoms with Crippen LogP contribution in [-0.2, 0) is 19.8 Å². The van der Waals surface area contributed by atoms with Gasteiger partial charge in [-0.3, -0.25) is 19.3 Å².